The summed E-state index contributed by atoms with van der Waals surface area (Å²) in [6.07, 6.45) is 0. The lowest BCUT2D eigenvalue weighted by atomic mass is 10.1. The van der Waals surface area contributed by atoms with Crippen LogP contribution >= 0.6 is 0 Å². The minimum Gasteiger partial charge on any atom is -0.392 e. The monoisotopic (exact) mass is 266 g/mol. The van der Waals surface area contributed by atoms with Crippen LogP contribution in [0.15, 0.2) is 10.6 Å². The van der Waals surface area contributed by atoms with E-state index in [0.717, 1.165) is 0 Å². The molecule has 2 aromatic heterocycles. The molecule has 98 valence electrons. The molecule has 8 heteroatoms. The van der Waals surface area contributed by atoms with E-state index in [2.05, 4.69) is 20.3 Å². The Bertz CT molecular complexity index is 765. The average molecular weight is 266 g/mol. The summed E-state index contributed by atoms with van der Waals surface area (Å²) < 4.78 is 32.0. The van der Waals surface area contributed by atoms with Gasteiger partial charge >= 0.3 is 0 Å². The number of benzene rings is 1. The minimum absolute atomic E-state index is 0.175. The molecule has 0 amide bonds. The highest BCUT2D eigenvalue weighted by Crippen LogP contribution is 2.30. The van der Waals surface area contributed by atoms with Crippen LogP contribution in [0.3, 0.4) is 0 Å². The lowest BCUT2D eigenvalue weighted by Gasteiger charge is -2.00. The molecular weight excluding hydrogens is 258 g/mol. The average Bonchev–Trinajstić information content (AvgIpc) is 2.99. The fourth-order valence-corrected chi connectivity index (χ4v) is 1.81. The molecule has 0 saturated carbocycles. The van der Waals surface area contributed by atoms with Crippen LogP contribution in [-0.2, 0) is 6.61 Å². The van der Waals surface area contributed by atoms with E-state index in [1.54, 1.807) is 6.92 Å². The number of hydrogen-bond acceptors (Lipinski definition) is 5. The number of hydrogen-bond donors (Lipinski definition) is 2. The topological polar surface area (TPSA) is 87.8 Å². The van der Waals surface area contributed by atoms with E-state index in [9.17, 15) is 8.78 Å². The van der Waals surface area contributed by atoms with Crippen molar-refractivity contribution in [2.24, 2.45) is 0 Å². The summed E-state index contributed by atoms with van der Waals surface area (Å²) in [7, 11) is 0. The summed E-state index contributed by atoms with van der Waals surface area (Å²) >= 11 is 0. The van der Waals surface area contributed by atoms with Crippen molar-refractivity contribution in [1.29, 1.82) is 0 Å². The molecule has 6 nitrogen and oxygen atoms in total. The Balaban J connectivity index is 2.31. The van der Waals surface area contributed by atoms with E-state index in [4.69, 9.17) is 9.63 Å². The summed E-state index contributed by atoms with van der Waals surface area (Å²) in [4.78, 5) is 4.04. The normalized spacial score (nSPS) is 11.4. The fourth-order valence-electron chi connectivity index (χ4n) is 1.81. The Morgan fingerprint density at radius 2 is 2.16 bits per heavy atom. The van der Waals surface area contributed by atoms with Gasteiger partial charge in [-0.05, 0) is 13.0 Å². The Hall–Kier alpha value is -2.35. The molecule has 0 unspecified atom stereocenters. The van der Waals surface area contributed by atoms with Crippen LogP contribution in [0.4, 0.5) is 8.78 Å². The van der Waals surface area contributed by atoms with Crippen molar-refractivity contribution < 1.29 is 18.4 Å². The number of aliphatic hydroxyl groups is 1. The van der Waals surface area contributed by atoms with E-state index in [0.29, 0.717) is 5.82 Å². The van der Waals surface area contributed by atoms with E-state index >= 15 is 0 Å². The second kappa shape index (κ2) is 4.09. The third kappa shape index (κ3) is 1.68. The first-order valence-corrected chi connectivity index (χ1v) is 5.38. The smallest absolute Gasteiger partial charge is 0.206 e. The second-order valence-electron chi connectivity index (χ2n) is 3.96. The molecule has 0 aliphatic heterocycles. The van der Waals surface area contributed by atoms with Crippen molar-refractivity contribution in [3.8, 4) is 11.5 Å². The first-order valence-electron chi connectivity index (χ1n) is 5.38. The van der Waals surface area contributed by atoms with Gasteiger partial charge in [0.25, 0.3) is 0 Å². The molecule has 0 aliphatic rings. The zero-order valence-corrected chi connectivity index (χ0v) is 9.74. The zero-order valence-electron chi connectivity index (χ0n) is 9.74. The van der Waals surface area contributed by atoms with Gasteiger partial charge in [0, 0.05) is 5.56 Å². The van der Waals surface area contributed by atoms with Gasteiger partial charge in [-0.25, -0.2) is 9.37 Å². The molecule has 3 aromatic rings. The predicted molar refractivity (Wildman–Crippen MR) is 60.0 cm³/mol. The molecule has 0 atom stereocenters. The molecular formula is C11H8F2N4O2. The van der Waals surface area contributed by atoms with Gasteiger partial charge in [-0.3, -0.25) is 5.10 Å². The summed E-state index contributed by atoms with van der Waals surface area (Å²) in [5, 5.41) is 19.3. The molecule has 2 N–H and O–H groups in total. The Morgan fingerprint density at radius 1 is 1.37 bits per heavy atom. The maximum Gasteiger partial charge on any atom is 0.206 e. The van der Waals surface area contributed by atoms with E-state index < -0.39 is 18.2 Å². The van der Waals surface area contributed by atoms with Gasteiger partial charge < -0.3 is 9.63 Å². The minimum atomic E-state index is -1.18. The first kappa shape index (κ1) is 11.7. The zero-order chi connectivity index (χ0) is 13.6. The SMILES string of the molecule is Cc1n[nH]c(-c2noc3c(F)c(F)c(CO)cc23)n1. The van der Waals surface area contributed by atoms with Crippen LogP contribution in [0.25, 0.3) is 22.5 Å². The Labute approximate surface area is 105 Å². The van der Waals surface area contributed by atoms with E-state index in [1.807, 2.05) is 0 Å². The van der Waals surface area contributed by atoms with Gasteiger partial charge in [0.1, 0.15) is 5.82 Å². The number of aromatic amines is 1. The summed E-state index contributed by atoms with van der Waals surface area (Å²) in [6.45, 7) is 1.04. The number of nitrogens with one attached hydrogen (secondary N) is 1. The number of rotatable bonds is 2. The Kier molecular flexibility index (Phi) is 2.53. The number of aliphatic hydroxyl groups excluding tert-OH is 1. The molecule has 2 heterocycles. The summed E-state index contributed by atoms with van der Waals surface area (Å²) in [5.74, 6) is -1.56. The maximum absolute atomic E-state index is 13.7. The Morgan fingerprint density at radius 3 is 2.79 bits per heavy atom. The van der Waals surface area contributed by atoms with E-state index in [-0.39, 0.29) is 28.1 Å². The van der Waals surface area contributed by atoms with Crippen molar-refractivity contribution in [2.75, 3.05) is 0 Å². The molecule has 0 aliphatic carbocycles. The quantitative estimate of drug-likeness (QED) is 0.737. The molecule has 19 heavy (non-hydrogen) atoms. The lowest BCUT2D eigenvalue weighted by molar-refractivity contribution is 0.273. The van der Waals surface area contributed by atoms with Gasteiger partial charge in [0.15, 0.2) is 17.3 Å². The highest BCUT2D eigenvalue weighted by atomic mass is 19.2. The lowest BCUT2D eigenvalue weighted by Crippen LogP contribution is -1.95. The molecule has 0 bridgehead atoms. The van der Waals surface area contributed by atoms with Crippen LogP contribution in [0.1, 0.15) is 11.4 Å². The van der Waals surface area contributed by atoms with Gasteiger partial charge in [-0.2, -0.15) is 9.49 Å². The maximum atomic E-state index is 13.7. The van der Waals surface area contributed by atoms with Crippen LogP contribution in [-0.4, -0.2) is 25.4 Å². The van der Waals surface area contributed by atoms with Gasteiger partial charge in [-0.15, -0.1) is 0 Å². The van der Waals surface area contributed by atoms with Crippen molar-refractivity contribution in [3.63, 3.8) is 0 Å². The molecule has 0 fully saturated rings. The number of fused-ring (bicyclic) bond motifs is 1. The van der Waals surface area contributed by atoms with Crippen molar-refractivity contribution in [3.05, 3.63) is 29.1 Å². The van der Waals surface area contributed by atoms with Gasteiger partial charge in [0.2, 0.25) is 11.4 Å². The summed E-state index contributed by atoms with van der Waals surface area (Å²) in [5.41, 5.74) is -0.284. The molecule has 0 saturated heterocycles. The third-order valence-electron chi connectivity index (χ3n) is 2.71. The van der Waals surface area contributed by atoms with Crippen LogP contribution < -0.4 is 0 Å². The molecule has 0 spiro atoms. The standard InChI is InChI=1S/C11H8F2N4O2/c1-4-14-11(16-15-4)9-6-2-5(3-18)7(12)8(13)10(6)19-17-9/h2,18H,3H2,1H3,(H,14,15,16). The summed E-state index contributed by atoms with van der Waals surface area (Å²) in [6, 6.07) is 1.28. The first-order chi connectivity index (χ1) is 9.11. The van der Waals surface area contributed by atoms with Gasteiger partial charge in [-0.1, -0.05) is 5.16 Å². The van der Waals surface area contributed by atoms with Gasteiger partial charge in [0.05, 0.1) is 12.0 Å². The number of halogens is 2. The van der Waals surface area contributed by atoms with Crippen LogP contribution in [0.5, 0.6) is 0 Å². The van der Waals surface area contributed by atoms with Crippen LogP contribution in [0.2, 0.25) is 0 Å². The van der Waals surface area contributed by atoms with Crippen molar-refractivity contribution >= 4 is 11.0 Å². The van der Waals surface area contributed by atoms with Crippen molar-refractivity contribution in [1.82, 2.24) is 20.3 Å². The fraction of sp³-hybridized carbons (Fsp3) is 0.182. The van der Waals surface area contributed by atoms with Crippen molar-refractivity contribution in [2.45, 2.75) is 13.5 Å². The molecule has 1 aromatic carbocycles. The van der Waals surface area contributed by atoms with E-state index in [1.165, 1.54) is 6.07 Å². The largest absolute Gasteiger partial charge is 0.392 e. The third-order valence-corrected chi connectivity index (χ3v) is 2.71. The number of aryl methyl sites for hydroxylation is 1. The molecule has 3 rings (SSSR count). The predicted octanol–water partition coefficient (Wildman–Crippen LogP) is 1.69. The number of nitrogens with zero attached hydrogens (tertiary/aromatic N) is 3. The highest BCUT2D eigenvalue weighted by Gasteiger charge is 2.21. The number of H-pyrrole nitrogens is 1. The second-order valence-corrected chi connectivity index (χ2v) is 3.96. The highest BCUT2D eigenvalue weighted by molar-refractivity contribution is 5.90. The number of aromatic nitrogens is 4. The molecule has 0 radical (unpaired) electrons. The van der Waals surface area contributed by atoms with Crippen LogP contribution in [0, 0.1) is 18.6 Å².